The molecule has 2 aromatic carbocycles. The molecule has 1 aliphatic rings. The van der Waals surface area contributed by atoms with Gasteiger partial charge in [0.2, 0.25) is 0 Å². The van der Waals surface area contributed by atoms with Gasteiger partial charge in [0.15, 0.2) is 0 Å². The van der Waals surface area contributed by atoms with Crippen molar-refractivity contribution in [3.05, 3.63) is 64.2 Å². The van der Waals surface area contributed by atoms with Crippen molar-refractivity contribution >= 4 is 0 Å². The first-order valence-electron chi connectivity index (χ1n) is 7.07. The van der Waals surface area contributed by atoms with Crippen LogP contribution in [0.4, 0.5) is 0 Å². The highest BCUT2D eigenvalue weighted by Crippen LogP contribution is 2.41. The first-order valence-corrected chi connectivity index (χ1v) is 7.07. The Kier molecular flexibility index (Phi) is 3.27. The molecule has 2 heteroatoms. The van der Waals surface area contributed by atoms with E-state index in [0.29, 0.717) is 6.42 Å². The maximum atomic E-state index is 10.3. The summed E-state index contributed by atoms with van der Waals surface area (Å²) in [4.78, 5) is 0. The SMILES string of the molecule is Cc1cc(C)c(C2C[C@H](O)c3ccccc3O2)cc1C. The number of hydrogen-bond donors (Lipinski definition) is 1. The molecule has 0 aliphatic carbocycles. The summed E-state index contributed by atoms with van der Waals surface area (Å²) >= 11 is 0. The van der Waals surface area contributed by atoms with E-state index in [4.69, 9.17) is 4.74 Å². The number of aryl methyl sites for hydroxylation is 3. The van der Waals surface area contributed by atoms with Crippen LogP contribution in [0, 0.1) is 20.8 Å². The van der Waals surface area contributed by atoms with Gasteiger partial charge >= 0.3 is 0 Å². The number of para-hydroxylation sites is 1. The normalized spacial score (nSPS) is 21.2. The van der Waals surface area contributed by atoms with Gasteiger partial charge in [0.05, 0.1) is 6.10 Å². The Morgan fingerprint density at radius 3 is 2.45 bits per heavy atom. The van der Waals surface area contributed by atoms with Crippen molar-refractivity contribution in [3.63, 3.8) is 0 Å². The van der Waals surface area contributed by atoms with Crippen LogP contribution >= 0.6 is 0 Å². The minimum Gasteiger partial charge on any atom is -0.485 e. The molecule has 2 aromatic rings. The van der Waals surface area contributed by atoms with Crippen LogP contribution in [0.3, 0.4) is 0 Å². The molecule has 20 heavy (non-hydrogen) atoms. The second kappa shape index (κ2) is 4.95. The van der Waals surface area contributed by atoms with Crippen molar-refractivity contribution in [2.24, 2.45) is 0 Å². The van der Waals surface area contributed by atoms with Gasteiger partial charge in [-0.1, -0.05) is 30.3 Å². The summed E-state index contributed by atoms with van der Waals surface area (Å²) in [7, 11) is 0. The van der Waals surface area contributed by atoms with Gasteiger partial charge < -0.3 is 9.84 Å². The molecule has 0 saturated carbocycles. The molecule has 1 aliphatic heterocycles. The third-order valence-corrected chi connectivity index (χ3v) is 4.21. The summed E-state index contributed by atoms with van der Waals surface area (Å²) in [5, 5.41) is 10.3. The lowest BCUT2D eigenvalue weighted by Gasteiger charge is -2.31. The molecule has 2 atom stereocenters. The van der Waals surface area contributed by atoms with E-state index in [1.807, 2.05) is 24.3 Å². The molecule has 0 spiro atoms. The summed E-state index contributed by atoms with van der Waals surface area (Å²) in [5.74, 6) is 0.800. The number of aliphatic hydroxyl groups is 1. The van der Waals surface area contributed by atoms with Crippen LogP contribution in [0.5, 0.6) is 5.75 Å². The number of fused-ring (bicyclic) bond motifs is 1. The highest BCUT2D eigenvalue weighted by atomic mass is 16.5. The molecule has 1 heterocycles. The summed E-state index contributed by atoms with van der Waals surface area (Å²) in [6, 6.07) is 12.1. The first kappa shape index (κ1) is 13.2. The number of benzene rings is 2. The molecule has 3 rings (SSSR count). The number of rotatable bonds is 1. The topological polar surface area (TPSA) is 29.5 Å². The molecule has 0 saturated heterocycles. The minimum absolute atomic E-state index is 0.0702. The van der Waals surface area contributed by atoms with Gasteiger partial charge in [-0.25, -0.2) is 0 Å². The van der Waals surface area contributed by atoms with E-state index >= 15 is 0 Å². The van der Waals surface area contributed by atoms with E-state index in [2.05, 4.69) is 32.9 Å². The summed E-state index contributed by atoms with van der Waals surface area (Å²) in [6.07, 6.45) is 0.0885. The lowest BCUT2D eigenvalue weighted by atomic mass is 9.91. The maximum Gasteiger partial charge on any atom is 0.127 e. The number of ether oxygens (including phenoxy) is 1. The predicted octanol–water partition coefficient (Wildman–Crippen LogP) is 4.17. The largest absolute Gasteiger partial charge is 0.485 e. The fourth-order valence-corrected chi connectivity index (χ4v) is 2.91. The Morgan fingerprint density at radius 1 is 0.950 bits per heavy atom. The van der Waals surface area contributed by atoms with Crippen LogP contribution in [0.25, 0.3) is 0 Å². The summed E-state index contributed by atoms with van der Waals surface area (Å²) in [6.45, 7) is 6.35. The lowest BCUT2D eigenvalue weighted by Crippen LogP contribution is -2.20. The summed E-state index contributed by atoms with van der Waals surface area (Å²) in [5.41, 5.74) is 5.86. The molecule has 1 N–H and O–H groups in total. The van der Waals surface area contributed by atoms with E-state index in [-0.39, 0.29) is 6.10 Å². The average Bonchev–Trinajstić information content (AvgIpc) is 2.43. The molecule has 0 amide bonds. The van der Waals surface area contributed by atoms with E-state index in [1.54, 1.807) is 0 Å². The van der Waals surface area contributed by atoms with Crippen molar-refractivity contribution in [2.45, 2.75) is 39.4 Å². The van der Waals surface area contributed by atoms with Crippen LogP contribution < -0.4 is 4.74 Å². The fourth-order valence-electron chi connectivity index (χ4n) is 2.91. The maximum absolute atomic E-state index is 10.3. The second-order valence-corrected chi connectivity index (χ2v) is 5.69. The van der Waals surface area contributed by atoms with Crippen LogP contribution in [0.2, 0.25) is 0 Å². The van der Waals surface area contributed by atoms with Gasteiger partial charge in [0.1, 0.15) is 11.9 Å². The van der Waals surface area contributed by atoms with E-state index < -0.39 is 6.10 Å². The van der Waals surface area contributed by atoms with Gasteiger partial charge in [-0.2, -0.15) is 0 Å². The Labute approximate surface area is 120 Å². The van der Waals surface area contributed by atoms with Crippen molar-refractivity contribution in [2.75, 3.05) is 0 Å². The van der Waals surface area contributed by atoms with Crippen molar-refractivity contribution in [3.8, 4) is 5.75 Å². The zero-order valence-corrected chi connectivity index (χ0v) is 12.2. The number of aliphatic hydroxyl groups excluding tert-OH is 1. The Bertz CT molecular complexity index is 646. The molecule has 1 unspecified atom stereocenters. The van der Waals surface area contributed by atoms with E-state index in [9.17, 15) is 5.11 Å². The molecule has 0 aromatic heterocycles. The second-order valence-electron chi connectivity index (χ2n) is 5.69. The highest BCUT2D eigenvalue weighted by molar-refractivity contribution is 5.42. The van der Waals surface area contributed by atoms with Crippen molar-refractivity contribution < 1.29 is 9.84 Å². The molecule has 104 valence electrons. The van der Waals surface area contributed by atoms with Crippen LogP contribution in [-0.4, -0.2) is 5.11 Å². The highest BCUT2D eigenvalue weighted by Gasteiger charge is 2.28. The smallest absolute Gasteiger partial charge is 0.127 e. The van der Waals surface area contributed by atoms with E-state index in [0.717, 1.165) is 11.3 Å². The molecule has 2 nitrogen and oxygen atoms in total. The quantitative estimate of drug-likeness (QED) is 0.841. The minimum atomic E-state index is -0.453. The van der Waals surface area contributed by atoms with Crippen LogP contribution in [-0.2, 0) is 0 Å². The number of hydrogen-bond acceptors (Lipinski definition) is 2. The molecule has 0 radical (unpaired) electrons. The zero-order valence-electron chi connectivity index (χ0n) is 12.2. The van der Waals surface area contributed by atoms with Gasteiger partial charge in [0, 0.05) is 12.0 Å². The molecular weight excluding hydrogens is 248 g/mol. The molecular formula is C18H20O2. The van der Waals surface area contributed by atoms with Gasteiger partial charge in [0.25, 0.3) is 0 Å². The Hall–Kier alpha value is -1.80. The Morgan fingerprint density at radius 2 is 1.65 bits per heavy atom. The van der Waals surface area contributed by atoms with Gasteiger partial charge in [-0.05, 0) is 49.1 Å². The van der Waals surface area contributed by atoms with Crippen molar-refractivity contribution in [1.82, 2.24) is 0 Å². The zero-order chi connectivity index (χ0) is 14.3. The van der Waals surface area contributed by atoms with Gasteiger partial charge in [-0.15, -0.1) is 0 Å². The fraction of sp³-hybridized carbons (Fsp3) is 0.333. The predicted molar refractivity (Wildman–Crippen MR) is 80.0 cm³/mol. The third kappa shape index (κ3) is 2.20. The van der Waals surface area contributed by atoms with Crippen LogP contribution in [0.15, 0.2) is 36.4 Å². The standard InChI is InChI=1S/C18H20O2/c1-11-8-13(3)15(9-12(11)2)18-10-16(19)14-6-4-5-7-17(14)20-18/h4-9,16,18-19H,10H2,1-3H3/t16-,18?/m0/s1. The van der Waals surface area contributed by atoms with Gasteiger partial charge in [-0.3, -0.25) is 0 Å². The Balaban J connectivity index is 2.00. The summed E-state index contributed by atoms with van der Waals surface area (Å²) < 4.78 is 6.10. The first-order chi connectivity index (χ1) is 9.56. The molecule has 0 bridgehead atoms. The molecule has 0 fully saturated rings. The van der Waals surface area contributed by atoms with Crippen LogP contribution in [0.1, 0.15) is 46.4 Å². The monoisotopic (exact) mass is 268 g/mol. The third-order valence-electron chi connectivity index (χ3n) is 4.21. The average molecular weight is 268 g/mol. The van der Waals surface area contributed by atoms with E-state index in [1.165, 1.54) is 22.3 Å². The lowest BCUT2D eigenvalue weighted by molar-refractivity contribution is 0.0654. The van der Waals surface area contributed by atoms with Crippen molar-refractivity contribution in [1.29, 1.82) is 0 Å².